The van der Waals surface area contributed by atoms with Crippen LogP contribution in [-0.2, 0) is 34.9 Å². The molecule has 0 radical (unpaired) electrons. The summed E-state index contributed by atoms with van der Waals surface area (Å²) >= 11 is 0. The van der Waals surface area contributed by atoms with Gasteiger partial charge in [0.2, 0.25) is 5.91 Å². The summed E-state index contributed by atoms with van der Waals surface area (Å²) in [4.78, 5) is 41.9. The summed E-state index contributed by atoms with van der Waals surface area (Å²) in [5.74, 6) is -1.99. The highest BCUT2D eigenvalue weighted by Gasteiger charge is 2.78. The number of nitrogens with zero attached hydrogens (tertiary/aromatic N) is 1. The van der Waals surface area contributed by atoms with Crippen molar-refractivity contribution < 1.29 is 23.9 Å². The summed E-state index contributed by atoms with van der Waals surface area (Å²) in [6.07, 6.45) is -0.437. The van der Waals surface area contributed by atoms with Crippen molar-refractivity contribution in [3.8, 4) is 0 Å². The molecule has 2 bridgehead atoms. The number of carbonyl (C=O) groups excluding carboxylic acids is 3. The number of para-hydroxylation sites is 1. The number of hydrogen-bond acceptors (Lipinski definition) is 5. The van der Waals surface area contributed by atoms with E-state index in [4.69, 9.17) is 9.47 Å². The normalized spacial score (nSPS) is 31.9. The molecular formula is C24H23NO5. The van der Waals surface area contributed by atoms with E-state index in [9.17, 15) is 14.4 Å². The number of anilines is 1. The summed E-state index contributed by atoms with van der Waals surface area (Å²) in [6.45, 7) is 1.88. The predicted molar refractivity (Wildman–Crippen MR) is 109 cm³/mol. The maximum absolute atomic E-state index is 14.1. The van der Waals surface area contributed by atoms with E-state index in [-0.39, 0.29) is 24.7 Å². The molecule has 4 atom stereocenters. The number of hydrogen-bond donors (Lipinski definition) is 0. The van der Waals surface area contributed by atoms with Crippen molar-refractivity contribution in [2.75, 3.05) is 18.6 Å². The third-order valence-electron chi connectivity index (χ3n) is 6.89. The fourth-order valence-corrected chi connectivity index (χ4v) is 5.76. The van der Waals surface area contributed by atoms with Crippen molar-refractivity contribution in [2.24, 2.45) is 5.92 Å². The zero-order valence-corrected chi connectivity index (χ0v) is 17.0. The lowest BCUT2D eigenvalue weighted by Gasteiger charge is -2.43. The molecule has 6 nitrogen and oxygen atoms in total. The van der Waals surface area contributed by atoms with Gasteiger partial charge in [-0.05, 0) is 30.5 Å². The highest BCUT2D eigenvalue weighted by atomic mass is 16.6. The molecule has 2 aromatic carbocycles. The van der Waals surface area contributed by atoms with Crippen molar-refractivity contribution in [1.82, 2.24) is 0 Å². The number of esters is 1. The van der Waals surface area contributed by atoms with E-state index in [1.54, 1.807) is 18.9 Å². The summed E-state index contributed by atoms with van der Waals surface area (Å²) in [5, 5.41) is 0. The minimum atomic E-state index is -1.36. The number of ether oxygens (including phenoxy) is 2. The van der Waals surface area contributed by atoms with Gasteiger partial charge in [-0.3, -0.25) is 14.4 Å². The number of amides is 1. The first-order valence-corrected chi connectivity index (χ1v) is 10.3. The van der Waals surface area contributed by atoms with Crippen molar-refractivity contribution in [1.29, 1.82) is 0 Å². The van der Waals surface area contributed by atoms with Gasteiger partial charge in [0.25, 0.3) is 0 Å². The largest absolute Gasteiger partial charge is 0.466 e. The van der Waals surface area contributed by atoms with Gasteiger partial charge in [-0.25, -0.2) is 0 Å². The van der Waals surface area contributed by atoms with E-state index in [0.717, 1.165) is 16.8 Å². The van der Waals surface area contributed by atoms with Gasteiger partial charge in [0, 0.05) is 19.2 Å². The molecule has 3 aliphatic heterocycles. The highest BCUT2D eigenvalue weighted by Crippen LogP contribution is 2.66. The second-order valence-corrected chi connectivity index (χ2v) is 8.12. The molecule has 1 amide bonds. The van der Waals surface area contributed by atoms with E-state index in [1.807, 2.05) is 54.6 Å². The van der Waals surface area contributed by atoms with Gasteiger partial charge in [-0.2, -0.15) is 0 Å². The fraction of sp³-hybridized carbons (Fsp3) is 0.375. The number of carbonyl (C=O) groups is 3. The molecule has 0 saturated carbocycles. The van der Waals surface area contributed by atoms with Crippen LogP contribution in [-0.4, -0.2) is 37.4 Å². The summed E-state index contributed by atoms with van der Waals surface area (Å²) in [7, 11) is 1.71. The van der Waals surface area contributed by atoms with Crippen molar-refractivity contribution in [3.05, 3.63) is 65.7 Å². The summed E-state index contributed by atoms with van der Waals surface area (Å²) in [5.41, 5.74) is -0.231. The van der Waals surface area contributed by atoms with Gasteiger partial charge in [-0.1, -0.05) is 48.5 Å². The SMILES string of the molecule is CCOC(=O)[C@H]1[C@H]2O[C@](c3ccccc3)(CCC2=O)[C@]12C(=O)N(C)c1ccccc12. The number of likely N-dealkylation sites (N-methyl/N-ethyl adjacent to an activating group) is 1. The molecule has 2 fully saturated rings. The Morgan fingerprint density at radius 3 is 2.57 bits per heavy atom. The molecule has 0 aromatic heterocycles. The third-order valence-corrected chi connectivity index (χ3v) is 6.89. The average molecular weight is 405 g/mol. The molecule has 0 N–H and O–H groups in total. The molecule has 0 unspecified atom stereocenters. The first kappa shape index (κ1) is 19.0. The van der Waals surface area contributed by atoms with Gasteiger partial charge in [-0.15, -0.1) is 0 Å². The number of benzene rings is 2. The lowest BCUT2D eigenvalue weighted by Crippen LogP contribution is -2.57. The number of ketones is 1. The molecule has 1 spiro atoms. The highest BCUT2D eigenvalue weighted by molar-refractivity contribution is 6.13. The van der Waals surface area contributed by atoms with Gasteiger partial charge in [0.1, 0.15) is 23.0 Å². The van der Waals surface area contributed by atoms with Crippen molar-refractivity contribution >= 4 is 23.3 Å². The second kappa shape index (κ2) is 6.51. The Hall–Kier alpha value is -2.99. The Bertz CT molecular complexity index is 1050. The van der Waals surface area contributed by atoms with Crippen LogP contribution in [0.1, 0.15) is 30.9 Å². The van der Waals surface area contributed by atoms with Gasteiger partial charge in [0.15, 0.2) is 5.78 Å². The van der Waals surface area contributed by atoms with E-state index >= 15 is 0 Å². The standard InChI is InChI=1S/C24H23NO5/c1-3-29-21(27)19-20-18(26)13-14-23(30-20,15-9-5-4-6-10-15)24(19)16-11-7-8-12-17(16)25(2)22(24)28/h4-12,19-20H,3,13-14H2,1-2H3/t19-,20+,23+,24+/m1/s1. The van der Waals surface area contributed by atoms with E-state index in [2.05, 4.69) is 0 Å². The van der Waals surface area contributed by atoms with Crippen molar-refractivity contribution in [3.63, 3.8) is 0 Å². The molecule has 3 aliphatic rings. The molecule has 2 aromatic rings. The van der Waals surface area contributed by atoms with Crippen LogP contribution in [0.4, 0.5) is 5.69 Å². The quantitative estimate of drug-likeness (QED) is 0.735. The lowest BCUT2D eigenvalue weighted by atomic mass is 9.59. The van der Waals surface area contributed by atoms with E-state index in [0.29, 0.717) is 6.42 Å². The monoisotopic (exact) mass is 405 g/mol. The topological polar surface area (TPSA) is 72.9 Å². The minimum absolute atomic E-state index is 0.156. The average Bonchev–Trinajstić information content (AvgIpc) is 3.16. The first-order valence-electron chi connectivity index (χ1n) is 10.3. The molecule has 0 aliphatic carbocycles. The maximum Gasteiger partial charge on any atom is 0.313 e. The van der Waals surface area contributed by atoms with Crippen LogP contribution in [0.3, 0.4) is 0 Å². The van der Waals surface area contributed by atoms with E-state index in [1.165, 1.54) is 0 Å². The maximum atomic E-state index is 14.1. The minimum Gasteiger partial charge on any atom is -0.466 e. The molecule has 154 valence electrons. The molecule has 30 heavy (non-hydrogen) atoms. The molecule has 2 saturated heterocycles. The molecular weight excluding hydrogens is 382 g/mol. The second-order valence-electron chi connectivity index (χ2n) is 8.12. The Morgan fingerprint density at radius 2 is 1.83 bits per heavy atom. The van der Waals surface area contributed by atoms with Gasteiger partial charge >= 0.3 is 5.97 Å². The molecule has 5 rings (SSSR count). The number of fused-ring (bicyclic) bond motifs is 5. The third kappa shape index (κ3) is 2.09. The lowest BCUT2D eigenvalue weighted by molar-refractivity contribution is -0.158. The predicted octanol–water partition coefficient (Wildman–Crippen LogP) is 2.74. The van der Waals surface area contributed by atoms with Crippen LogP contribution in [0.25, 0.3) is 0 Å². The Labute approximate surface area is 174 Å². The van der Waals surface area contributed by atoms with Crippen LogP contribution in [0, 0.1) is 5.92 Å². The smallest absolute Gasteiger partial charge is 0.313 e. The van der Waals surface area contributed by atoms with Crippen LogP contribution < -0.4 is 4.90 Å². The van der Waals surface area contributed by atoms with Gasteiger partial charge in [0.05, 0.1) is 6.61 Å². The molecule has 3 heterocycles. The van der Waals surface area contributed by atoms with E-state index < -0.39 is 29.0 Å². The summed E-state index contributed by atoms with van der Waals surface area (Å²) in [6, 6.07) is 17.0. The fourth-order valence-electron chi connectivity index (χ4n) is 5.76. The van der Waals surface area contributed by atoms with Crippen LogP contribution in [0.15, 0.2) is 54.6 Å². The zero-order valence-electron chi connectivity index (χ0n) is 17.0. The number of rotatable bonds is 3. The van der Waals surface area contributed by atoms with Crippen LogP contribution in [0.5, 0.6) is 0 Å². The zero-order chi connectivity index (χ0) is 21.1. The van der Waals surface area contributed by atoms with Crippen molar-refractivity contribution in [2.45, 2.75) is 36.9 Å². The summed E-state index contributed by atoms with van der Waals surface area (Å²) < 4.78 is 11.9. The Balaban J connectivity index is 1.87. The first-order chi connectivity index (χ1) is 14.5. The van der Waals surface area contributed by atoms with Gasteiger partial charge < -0.3 is 14.4 Å². The van der Waals surface area contributed by atoms with Crippen LogP contribution >= 0.6 is 0 Å². The Morgan fingerprint density at radius 1 is 1.13 bits per heavy atom. The Kier molecular flexibility index (Phi) is 4.12. The molecule has 6 heteroatoms. The van der Waals surface area contributed by atoms with Crippen LogP contribution in [0.2, 0.25) is 0 Å². The number of Topliss-reactive ketones (excluding diaryl/α,β-unsaturated/α-hetero) is 1.